The molecular formula is C15H20F3IN4O2S. The SMILES string of the molecule is CCNC(=NCc1nc(C(F)(F)F)cs1)NCC(C)(O)c1ccco1.I. The highest BCUT2D eigenvalue weighted by Gasteiger charge is 2.33. The summed E-state index contributed by atoms with van der Waals surface area (Å²) in [5.41, 5.74) is -2.17. The van der Waals surface area contributed by atoms with Gasteiger partial charge in [-0.25, -0.2) is 9.98 Å². The van der Waals surface area contributed by atoms with Crippen molar-refractivity contribution in [3.63, 3.8) is 0 Å². The van der Waals surface area contributed by atoms with Gasteiger partial charge in [0.2, 0.25) is 0 Å². The first kappa shape index (κ1) is 22.7. The molecular weight excluding hydrogens is 484 g/mol. The molecule has 2 heterocycles. The summed E-state index contributed by atoms with van der Waals surface area (Å²) in [6.07, 6.45) is -2.99. The van der Waals surface area contributed by atoms with Crippen LogP contribution in [0.4, 0.5) is 13.2 Å². The van der Waals surface area contributed by atoms with Crippen LogP contribution in [0.2, 0.25) is 0 Å². The lowest BCUT2D eigenvalue weighted by atomic mass is 10.0. The first-order chi connectivity index (χ1) is 11.7. The second-order valence-corrected chi connectivity index (χ2v) is 6.37. The van der Waals surface area contributed by atoms with E-state index in [-0.39, 0.29) is 42.1 Å². The lowest BCUT2D eigenvalue weighted by molar-refractivity contribution is -0.140. The van der Waals surface area contributed by atoms with Crippen molar-refractivity contribution in [1.29, 1.82) is 0 Å². The Labute approximate surface area is 169 Å². The summed E-state index contributed by atoms with van der Waals surface area (Å²) in [6, 6.07) is 3.32. The predicted molar refractivity (Wildman–Crippen MR) is 104 cm³/mol. The number of aliphatic imine (C=N–C) groups is 1. The van der Waals surface area contributed by atoms with Crippen molar-refractivity contribution >= 4 is 41.3 Å². The monoisotopic (exact) mass is 504 g/mol. The molecule has 0 fully saturated rings. The van der Waals surface area contributed by atoms with E-state index in [0.717, 1.165) is 16.7 Å². The molecule has 0 saturated heterocycles. The molecule has 2 rings (SSSR count). The summed E-state index contributed by atoms with van der Waals surface area (Å²) < 4.78 is 42.9. The van der Waals surface area contributed by atoms with E-state index in [4.69, 9.17) is 4.42 Å². The van der Waals surface area contributed by atoms with E-state index in [1.165, 1.54) is 6.26 Å². The molecule has 0 saturated carbocycles. The number of furan rings is 1. The molecule has 1 atom stereocenters. The Kier molecular flexibility index (Phi) is 8.34. The first-order valence-electron chi connectivity index (χ1n) is 7.52. The van der Waals surface area contributed by atoms with Crippen LogP contribution in [0.3, 0.4) is 0 Å². The first-order valence-corrected chi connectivity index (χ1v) is 8.40. The van der Waals surface area contributed by atoms with Crippen molar-refractivity contribution in [2.75, 3.05) is 13.1 Å². The molecule has 1 unspecified atom stereocenters. The average Bonchev–Trinajstić information content (AvgIpc) is 3.20. The maximum Gasteiger partial charge on any atom is 0.434 e. The number of halogens is 4. The highest BCUT2D eigenvalue weighted by atomic mass is 127. The molecule has 0 aliphatic heterocycles. The fraction of sp³-hybridized carbons (Fsp3) is 0.467. The predicted octanol–water partition coefficient (Wildman–Crippen LogP) is 3.34. The summed E-state index contributed by atoms with van der Waals surface area (Å²) in [4.78, 5) is 7.73. The molecule has 0 spiro atoms. The van der Waals surface area contributed by atoms with Gasteiger partial charge in [0, 0.05) is 11.9 Å². The van der Waals surface area contributed by atoms with E-state index in [1.807, 2.05) is 6.92 Å². The number of guanidine groups is 1. The minimum atomic E-state index is -4.46. The van der Waals surface area contributed by atoms with Crippen molar-refractivity contribution in [3.05, 3.63) is 40.2 Å². The van der Waals surface area contributed by atoms with E-state index in [0.29, 0.717) is 18.3 Å². The number of aromatic nitrogens is 1. The summed E-state index contributed by atoms with van der Waals surface area (Å²) in [6.45, 7) is 4.10. The van der Waals surface area contributed by atoms with Crippen LogP contribution in [0.25, 0.3) is 0 Å². The normalized spacial score (nSPS) is 14.5. The van der Waals surface area contributed by atoms with E-state index in [2.05, 4.69) is 20.6 Å². The van der Waals surface area contributed by atoms with Crippen molar-refractivity contribution in [2.24, 2.45) is 4.99 Å². The highest BCUT2D eigenvalue weighted by Crippen LogP contribution is 2.30. The van der Waals surface area contributed by atoms with Gasteiger partial charge >= 0.3 is 6.18 Å². The van der Waals surface area contributed by atoms with Gasteiger partial charge in [-0.2, -0.15) is 13.2 Å². The van der Waals surface area contributed by atoms with Gasteiger partial charge in [-0.3, -0.25) is 0 Å². The third kappa shape index (κ3) is 6.43. The number of rotatable bonds is 6. The van der Waals surface area contributed by atoms with Gasteiger partial charge < -0.3 is 20.2 Å². The summed E-state index contributed by atoms with van der Waals surface area (Å²) >= 11 is 0.900. The minimum Gasteiger partial charge on any atom is -0.466 e. The van der Waals surface area contributed by atoms with Crippen LogP contribution in [0.1, 0.15) is 30.3 Å². The smallest absolute Gasteiger partial charge is 0.434 e. The van der Waals surface area contributed by atoms with Crippen LogP contribution in [-0.4, -0.2) is 29.1 Å². The van der Waals surface area contributed by atoms with Crippen LogP contribution in [0, 0.1) is 0 Å². The zero-order valence-corrected chi connectivity index (χ0v) is 17.3. The molecule has 0 aliphatic rings. The van der Waals surface area contributed by atoms with Crippen molar-refractivity contribution in [3.8, 4) is 0 Å². The van der Waals surface area contributed by atoms with E-state index < -0.39 is 17.5 Å². The van der Waals surface area contributed by atoms with Gasteiger partial charge in [0.05, 0.1) is 19.4 Å². The Bertz CT molecular complexity index is 702. The maximum absolute atomic E-state index is 12.6. The maximum atomic E-state index is 12.6. The number of alkyl halides is 3. The molecule has 0 radical (unpaired) electrons. The Balaban J connectivity index is 0.00000338. The number of thiazole rings is 1. The molecule has 26 heavy (non-hydrogen) atoms. The van der Waals surface area contributed by atoms with Crippen LogP contribution in [0.5, 0.6) is 0 Å². The highest BCUT2D eigenvalue weighted by molar-refractivity contribution is 14.0. The summed E-state index contributed by atoms with van der Waals surface area (Å²) in [5, 5.41) is 17.5. The van der Waals surface area contributed by atoms with Crippen LogP contribution in [0.15, 0.2) is 33.2 Å². The number of nitrogens with zero attached hydrogens (tertiary/aromatic N) is 2. The quantitative estimate of drug-likeness (QED) is 0.320. The number of nitrogens with one attached hydrogen (secondary N) is 2. The molecule has 6 nitrogen and oxygen atoms in total. The molecule has 0 aromatic carbocycles. The topological polar surface area (TPSA) is 82.7 Å². The van der Waals surface area contributed by atoms with Crippen LogP contribution >= 0.6 is 35.3 Å². The second kappa shape index (κ2) is 9.55. The summed E-state index contributed by atoms with van der Waals surface area (Å²) in [7, 11) is 0. The molecule has 11 heteroatoms. The van der Waals surface area contributed by atoms with Gasteiger partial charge in [0.25, 0.3) is 0 Å². The second-order valence-electron chi connectivity index (χ2n) is 5.42. The van der Waals surface area contributed by atoms with E-state index in [1.54, 1.807) is 19.1 Å². The van der Waals surface area contributed by atoms with Crippen molar-refractivity contribution < 1.29 is 22.7 Å². The molecule has 146 valence electrons. The van der Waals surface area contributed by atoms with Crippen molar-refractivity contribution in [1.82, 2.24) is 15.6 Å². The molecule has 2 aromatic heterocycles. The van der Waals surface area contributed by atoms with Crippen LogP contribution in [-0.2, 0) is 18.3 Å². The minimum absolute atomic E-state index is 0. The standard InChI is InChI=1S/C15H19F3N4O2S.HI/c1-3-19-13(21-9-14(2,23)11-5-4-6-24-11)20-7-12-22-10(8-25-12)15(16,17)18;/h4-6,8,23H,3,7,9H2,1-2H3,(H2,19,20,21);1H. The number of hydrogen-bond acceptors (Lipinski definition) is 5. The van der Waals surface area contributed by atoms with Gasteiger partial charge in [0.1, 0.15) is 16.4 Å². The van der Waals surface area contributed by atoms with Gasteiger partial charge in [-0.1, -0.05) is 0 Å². The fourth-order valence-corrected chi connectivity index (χ4v) is 2.65. The zero-order valence-electron chi connectivity index (χ0n) is 14.1. The lowest BCUT2D eigenvalue weighted by Gasteiger charge is -2.22. The Morgan fingerprint density at radius 1 is 1.38 bits per heavy atom. The number of aliphatic hydroxyl groups is 1. The third-order valence-corrected chi connectivity index (χ3v) is 4.04. The van der Waals surface area contributed by atoms with E-state index in [9.17, 15) is 18.3 Å². The van der Waals surface area contributed by atoms with Crippen molar-refractivity contribution in [2.45, 2.75) is 32.2 Å². The van der Waals surface area contributed by atoms with Crippen LogP contribution < -0.4 is 10.6 Å². The zero-order chi connectivity index (χ0) is 18.5. The number of hydrogen-bond donors (Lipinski definition) is 3. The fourth-order valence-electron chi connectivity index (χ4n) is 1.93. The molecule has 2 aromatic rings. The Morgan fingerprint density at radius 2 is 2.12 bits per heavy atom. The summed E-state index contributed by atoms with van der Waals surface area (Å²) in [5.74, 6) is 0.753. The lowest BCUT2D eigenvalue weighted by Crippen LogP contribution is -2.44. The van der Waals surface area contributed by atoms with Gasteiger partial charge in [-0.05, 0) is 26.0 Å². The molecule has 3 N–H and O–H groups in total. The Morgan fingerprint density at radius 3 is 2.65 bits per heavy atom. The van der Waals surface area contributed by atoms with Gasteiger partial charge in [-0.15, -0.1) is 35.3 Å². The van der Waals surface area contributed by atoms with E-state index >= 15 is 0 Å². The molecule has 0 aliphatic carbocycles. The molecule has 0 bridgehead atoms. The average molecular weight is 504 g/mol. The third-order valence-electron chi connectivity index (χ3n) is 3.21. The molecule has 0 amide bonds. The van der Waals surface area contributed by atoms with Gasteiger partial charge in [0.15, 0.2) is 11.7 Å². The Hall–Kier alpha value is -1.34. The largest absolute Gasteiger partial charge is 0.466 e.